The average molecular weight is 581 g/mol. The summed E-state index contributed by atoms with van der Waals surface area (Å²) in [5, 5.41) is 0.583. The first-order valence-electron chi connectivity index (χ1n) is 13.3. The highest BCUT2D eigenvalue weighted by Crippen LogP contribution is 2.44. The number of aromatic nitrogens is 1. The van der Waals surface area contributed by atoms with Crippen LogP contribution in [0.1, 0.15) is 25.6 Å². The monoisotopic (exact) mass is 580 g/mol. The van der Waals surface area contributed by atoms with E-state index in [0.717, 1.165) is 41.4 Å². The van der Waals surface area contributed by atoms with E-state index < -0.39 is 15.7 Å². The van der Waals surface area contributed by atoms with Crippen molar-refractivity contribution >= 4 is 38.5 Å². The van der Waals surface area contributed by atoms with Crippen molar-refractivity contribution in [2.45, 2.75) is 31.7 Å². The van der Waals surface area contributed by atoms with E-state index in [2.05, 4.69) is 9.80 Å². The molecule has 1 aromatic heterocycles. The van der Waals surface area contributed by atoms with Gasteiger partial charge in [-0.1, -0.05) is 23.7 Å². The van der Waals surface area contributed by atoms with E-state index in [-0.39, 0.29) is 10.9 Å². The van der Waals surface area contributed by atoms with E-state index in [1.807, 2.05) is 67.8 Å². The molecule has 1 aliphatic heterocycles. The minimum absolute atomic E-state index is 0.0330. The summed E-state index contributed by atoms with van der Waals surface area (Å²) in [6, 6.07) is 20.0. The lowest BCUT2D eigenvalue weighted by Crippen LogP contribution is -2.46. The number of nitrogens with zero attached hydrogens (tertiary/aromatic N) is 3. The fourth-order valence-electron chi connectivity index (χ4n) is 5.75. The van der Waals surface area contributed by atoms with Crippen LogP contribution in [0.5, 0.6) is 0 Å². The highest BCUT2D eigenvalue weighted by Gasteiger charge is 2.30. The summed E-state index contributed by atoms with van der Waals surface area (Å²) < 4.78 is 43.8. The molecule has 210 valence electrons. The predicted molar refractivity (Wildman–Crippen MR) is 164 cm³/mol. The van der Waals surface area contributed by atoms with Gasteiger partial charge >= 0.3 is 0 Å². The lowest BCUT2D eigenvalue weighted by molar-refractivity contribution is 0.583. The Kier molecular flexibility index (Phi) is 7.59. The van der Waals surface area contributed by atoms with Crippen molar-refractivity contribution in [3.63, 3.8) is 0 Å². The van der Waals surface area contributed by atoms with Gasteiger partial charge in [-0.2, -0.15) is 0 Å². The van der Waals surface area contributed by atoms with Crippen LogP contribution in [0.25, 0.3) is 22.4 Å². The van der Waals surface area contributed by atoms with Gasteiger partial charge in [0.1, 0.15) is 5.82 Å². The van der Waals surface area contributed by atoms with E-state index in [0.29, 0.717) is 34.9 Å². The maximum absolute atomic E-state index is 15.3. The maximum atomic E-state index is 15.3. The Balaban J connectivity index is 1.61. The second-order valence-electron chi connectivity index (χ2n) is 10.6. The molecule has 0 atom stereocenters. The first-order valence-corrected chi connectivity index (χ1v) is 15.6. The zero-order chi connectivity index (χ0) is 28.8. The molecular formula is C31H34ClFN4O2S. The number of benzene rings is 3. The van der Waals surface area contributed by atoms with Gasteiger partial charge in [0, 0.05) is 71.8 Å². The molecule has 1 fully saturated rings. The molecule has 0 saturated carbocycles. The molecule has 0 aliphatic carbocycles. The molecule has 0 spiro atoms. The molecular weight excluding hydrogens is 547 g/mol. The molecule has 5 rings (SSSR count). The number of hydrogen-bond acceptors (Lipinski definition) is 5. The first kappa shape index (κ1) is 28.1. The Morgan fingerprint density at radius 1 is 0.850 bits per heavy atom. The number of piperazine rings is 1. The molecule has 40 heavy (non-hydrogen) atoms. The van der Waals surface area contributed by atoms with Gasteiger partial charge in [0.15, 0.2) is 9.84 Å². The number of nitrogen functional groups attached to an aromatic ring is 1. The van der Waals surface area contributed by atoms with Crippen molar-refractivity contribution in [1.29, 1.82) is 0 Å². The Hall–Kier alpha value is -3.49. The van der Waals surface area contributed by atoms with E-state index in [1.165, 1.54) is 18.4 Å². The van der Waals surface area contributed by atoms with Gasteiger partial charge in [0.2, 0.25) is 0 Å². The predicted octanol–water partition coefficient (Wildman–Crippen LogP) is 6.82. The summed E-state index contributed by atoms with van der Waals surface area (Å²) in [7, 11) is -3.65. The summed E-state index contributed by atoms with van der Waals surface area (Å²) in [6.07, 6.45) is 1.21. The number of nitrogens with two attached hydrogens (primary N) is 1. The van der Waals surface area contributed by atoms with Crippen molar-refractivity contribution in [3.8, 4) is 22.4 Å². The molecule has 4 aromatic rings. The van der Waals surface area contributed by atoms with E-state index in [1.54, 1.807) is 12.1 Å². The van der Waals surface area contributed by atoms with E-state index in [9.17, 15) is 8.42 Å². The van der Waals surface area contributed by atoms with E-state index >= 15 is 4.39 Å². The molecule has 1 aliphatic rings. The summed E-state index contributed by atoms with van der Waals surface area (Å²) in [5.74, 6) is -0.412. The number of halogens is 2. The normalized spacial score (nSPS) is 14.3. The smallest absolute Gasteiger partial charge is 0.177 e. The van der Waals surface area contributed by atoms with Gasteiger partial charge in [0.25, 0.3) is 0 Å². The third kappa shape index (κ3) is 5.43. The number of sulfone groups is 1. The molecule has 6 nitrogen and oxygen atoms in total. The van der Waals surface area contributed by atoms with Crippen molar-refractivity contribution in [3.05, 3.63) is 83.3 Å². The molecule has 2 heterocycles. The van der Waals surface area contributed by atoms with Crippen LogP contribution < -0.4 is 15.5 Å². The molecule has 0 unspecified atom stereocenters. The fourth-order valence-corrected chi connectivity index (χ4v) is 7.10. The van der Waals surface area contributed by atoms with Gasteiger partial charge in [-0.15, -0.1) is 0 Å². The van der Waals surface area contributed by atoms with Crippen LogP contribution >= 0.6 is 11.6 Å². The minimum Gasteiger partial charge on any atom is -0.399 e. The Labute approximate surface area is 240 Å². The molecule has 0 radical (unpaired) electrons. The van der Waals surface area contributed by atoms with Crippen LogP contribution in [-0.2, 0) is 9.84 Å². The van der Waals surface area contributed by atoms with Crippen LogP contribution in [0.2, 0.25) is 5.02 Å². The zero-order valence-electron chi connectivity index (χ0n) is 23.2. The first-order chi connectivity index (χ1) is 18.9. The van der Waals surface area contributed by atoms with Crippen LogP contribution in [-0.4, -0.2) is 45.4 Å². The quantitative estimate of drug-likeness (QED) is 0.253. The maximum Gasteiger partial charge on any atom is 0.177 e. The molecule has 2 N–H and O–H groups in total. The molecule has 9 heteroatoms. The van der Waals surface area contributed by atoms with Gasteiger partial charge in [-0.05, 0) is 86.5 Å². The second kappa shape index (κ2) is 10.8. The zero-order valence-corrected chi connectivity index (χ0v) is 24.7. The largest absolute Gasteiger partial charge is 0.399 e. The summed E-state index contributed by atoms with van der Waals surface area (Å²) in [4.78, 5) is 4.65. The van der Waals surface area contributed by atoms with Gasteiger partial charge in [-0.3, -0.25) is 0 Å². The van der Waals surface area contributed by atoms with Crippen molar-refractivity contribution < 1.29 is 12.8 Å². The van der Waals surface area contributed by atoms with E-state index in [4.69, 9.17) is 17.3 Å². The van der Waals surface area contributed by atoms with Crippen LogP contribution in [0, 0.1) is 12.7 Å². The Morgan fingerprint density at radius 3 is 1.98 bits per heavy atom. The number of anilines is 3. The highest BCUT2D eigenvalue weighted by molar-refractivity contribution is 7.91. The standard InChI is InChI=1S/C31H34ClFN4O2S/c1-20(2)37-21(3)31(40(4,38)39)29(30(37)22-5-7-24(32)8-6-22)23-17-25(33)19-28(18-23)36-15-13-35(14-16-36)27-11-9-26(34)10-12-27/h5-12,17-20H,13-16,34H2,1-4H3. The lowest BCUT2D eigenvalue weighted by Gasteiger charge is -2.37. The molecule has 0 amide bonds. The van der Waals surface area contributed by atoms with Crippen LogP contribution in [0.4, 0.5) is 21.5 Å². The lowest BCUT2D eigenvalue weighted by atomic mass is 9.99. The summed E-state index contributed by atoms with van der Waals surface area (Å²) >= 11 is 6.18. The number of rotatable bonds is 6. The summed E-state index contributed by atoms with van der Waals surface area (Å²) in [5.41, 5.74) is 11.6. The topological polar surface area (TPSA) is 71.6 Å². The van der Waals surface area contributed by atoms with Crippen molar-refractivity contribution in [2.75, 3.05) is 48.0 Å². The minimum atomic E-state index is -3.65. The van der Waals surface area contributed by atoms with Crippen molar-refractivity contribution in [1.82, 2.24) is 4.57 Å². The Morgan fingerprint density at radius 2 is 1.43 bits per heavy atom. The van der Waals surface area contributed by atoms with Crippen molar-refractivity contribution in [2.24, 2.45) is 0 Å². The SMILES string of the molecule is Cc1c(S(C)(=O)=O)c(-c2cc(F)cc(N3CCN(c4ccc(N)cc4)CC3)c2)c(-c2ccc(Cl)cc2)n1C(C)C. The highest BCUT2D eigenvalue weighted by atomic mass is 35.5. The Bertz CT molecular complexity index is 1640. The molecule has 3 aromatic carbocycles. The van der Waals surface area contributed by atoms with Gasteiger partial charge in [0.05, 0.1) is 10.6 Å². The van der Waals surface area contributed by atoms with Crippen LogP contribution in [0.3, 0.4) is 0 Å². The fraction of sp³-hybridized carbons (Fsp3) is 0.290. The summed E-state index contributed by atoms with van der Waals surface area (Å²) in [6.45, 7) is 8.77. The molecule has 1 saturated heterocycles. The third-order valence-electron chi connectivity index (χ3n) is 7.47. The number of hydrogen-bond donors (Lipinski definition) is 1. The molecule has 0 bridgehead atoms. The average Bonchev–Trinajstić information content (AvgIpc) is 3.23. The third-order valence-corrected chi connectivity index (χ3v) is 8.97. The van der Waals surface area contributed by atoms with Gasteiger partial charge in [-0.25, -0.2) is 12.8 Å². The second-order valence-corrected chi connectivity index (χ2v) is 13.0. The van der Waals surface area contributed by atoms with Gasteiger partial charge < -0.3 is 20.1 Å². The van der Waals surface area contributed by atoms with Crippen LogP contribution in [0.15, 0.2) is 71.6 Å².